The third-order valence-electron chi connectivity index (χ3n) is 4.65. The predicted octanol–water partition coefficient (Wildman–Crippen LogP) is 5.64. The molecule has 1 fully saturated rings. The number of halogens is 2. The molecule has 0 radical (unpaired) electrons. The van der Waals surface area contributed by atoms with Crippen LogP contribution >= 0.6 is 11.3 Å². The Balaban J connectivity index is 2.21. The van der Waals surface area contributed by atoms with Crippen LogP contribution in [0.25, 0.3) is 0 Å². The number of thiophene rings is 1. The van der Waals surface area contributed by atoms with Crippen molar-refractivity contribution in [2.24, 2.45) is 5.92 Å². The molecule has 3 heteroatoms. The fraction of sp³-hybridized carbons (Fsp3) is 0.765. The average molecular weight is 298 g/mol. The normalized spacial score (nSPS) is 28.0. The number of alkyl halides is 2. The highest BCUT2D eigenvalue weighted by Gasteiger charge is 2.62. The summed E-state index contributed by atoms with van der Waals surface area (Å²) in [6.45, 7) is 13.0. The van der Waals surface area contributed by atoms with Gasteiger partial charge in [-0.2, -0.15) is 0 Å². The zero-order valence-electron chi connectivity index (χ0n) is 13.2. The van der Waals surface area contributed by atoms with Gasteiger partial charge in [-0.25, -0.2) is 8.78 Å². The summed E-state index contributed by atoms with van der Waals surface area (Å²) in [4.78, 5) is 2.53. The summed E-state index contributed by atoms with van der Waals surface area (Å²) in [7, 11) is 0. The van der Waals surface area contributed by atoms with Crippen LogP contribution in [-0.2, 0) is 17.3 Å². The molecule has 0 saturated heterocycles. The van der Waals surface area contributed by atoms with E-state index < -0.39 is 11.8 Å². The van der Waals surface area contributed by atoms with Gasteiger partial charge in [-0.3, -0.25) is 0 Å². The molecule has 0 bridgehead atoms. The van der Waals surface area contributed by atoms with E-state index in [9.17, 15) is 8.78 Å². The maximum absolute atomic E-state index is 14.1. The van der Waals surface area contributed by atoms with Crippen molar-refractivity contribution in [3.8, 4) is 0 Å². The topological polar surface area (TPSA) is 0 Å². The Labute approximate surface area is 124 Å². The molecular weight excluding hydrogens is 274 g/mol. The Morgan fingerprint density at radius 1 is 1.00 bits per heavy atom. The van der Waals surface area contributed by atoms with Crippen molar-refractivity contribution in [1.82, 2.24) is 0 Å². The second-order valence-corrected chi connectivity index (χ2v) is 9.58. The van der Waals surface area contributed by atoms with Gasteiger partial charge < -0.3 is 0 Å². The average Bonchev–Trinajstić information content (AvgIpc) is 2.66. The van der Waals surface area contributed by atoms with E-state index in [1.165, 1.54) is 15.3 Å². The van der Waals surface area contributed by atoms with Crippen LogP contribution in [0.3, 0.4) is 0 Å². The third kappa shape index (κ3) is 1.88. The van der Waals surface area contributed by atoms with Crippen molar-refractivity contribution in [3.05, 3.63) is 20.9 Å². The van der Waals surface area contributed by atoms with Crippen molar-refractivity contribution in [2.75, 3.05) is 0 Å². The molecule has 1 aromatic rings. The molecule has 20 heavy (non-hydrogen) atoms. The standard InChI is InChI=1S/C17H24F2S/c1-15(2,3)13-10-7-9-8-17(18,19)12(9)11(10)14(20-13)16(4,5)6/h9,12H,7-8H2,1-6H3. The molecule has 0 N–H and O–H groups in total. The Morgan fingerprint density at radius 3 is 2.00 bits per heavy atom. The van der Waals surface area contributed by atoms with E-state index >= 15 is 0 Å². The minimum Gasteiger partial charge on any atom is -0.206 e. The summed E-state index contributed by atoms with van der Waals surface area (Å²) in [6.07, 6.45) is 0.957. The minimum atomic E-state index is -2.48. The molecule has 112 valence electrons. The van der Waals surface area contributed by atoms with Crippen LogP contribution in [0, 0.1) is 5.92 Å². The third-order valence-corrected chi connectivity index (χ3v) is 6.75. The Morgan fingerprint density at radius 2 is 1.55 bits per heavy atom. The molecule has 0 spiro atoms. The lowest BCUT2D eigenvalue weighted by Crippen LogP contribution is -2.43. The maximum atomic E-state index is 14.1. The van der Waals surface area contributed by atoms with E-state index in [2.05, 4.69) is 41.5 Å². The first-order valence-corrected chi connectivity index (χ1v) is 8.29. The lowest BCUT2D eigenvalue weighted by molar-refractivity contribution is -0.129. The van der Waals surface area contributed by atoms with Gasteiger partial charge in [-0.05, 0) is 34.3 Å². The van der Waals surface area contributed by atoms with Crippen LogP contribution in [0.15, 0.2) is 0 Å². The highest BCUT2D eigenvalue weighted by Crippen LogP contribution is 2.64. The van der Waals surface area contributed by atoms with Crippen molar-refractivity contribution in [1.29, 1.82) is 0 Å². The molecule has 1 aromatic heterocycles. The molecule has 2 unspecified atom stereocenters. The van der Waals surface area contributed by atoms with Crippen LogP contribution in [0.5, 0.6) is 0 Å². The Kier molecular flexibility index (Phi) is 2.79. The van der Waals surface area contributed by atoms with Crippen LogP contribution in [0.1, 0.15) is 74.8 Å². The molecule has 0 aliphatic heterocycles. The Hall–Kier alpha value is -0.440. The predicted molar refractivity (Wildman–Crippen MR) is 81.2 cm³/mol. The zero-order valence-corrected chi connectivity index (χ0v) is 14.0. The van der Waals surface area contributed by atoms with Gasteiger partial charge in [0, 0.05) is 16.2 Å². The molecule has 0 amide bonds. The van der Waals surface area contributed by atoms with Crippen molar-refractivity contribution < 1.29 is 8.78 Å². The van der Waals surface area contributed by atoms with Gasteiger partial charge in [0.25, 0.3) is 5.92 Å². The Bertz CT molecular complexity index is 555. The summed E-state index contributed by atoms with van der Waals surface area (Å²) < 4.78 is 28.1. The first-order valence-electron chi connectivity index (χ1n) is 7.47. The maximum Gasteiger partial charge on any atom is 0.255 e. The van der Waals surface area contributed by atoms with Gasteiger partial charge in [0.05, 0.1) is 5.92 Å². The summed E-state index contributed by atoms with van der Waals surface area (Å²) in [6, 6.07) is 0. The SMILES string of the molecule is CC(C)(C)c1sc(C(C)(C)C)c2c1CC1CC(F)(F)C21. The molecule has 2 aliphatic carbocycles. The lowest BCUT2D eigenvalue weighted by Gasteiger charge is -2.41. The largest absolute Gasteiger partial charge is 0.255 e. The summed E-state index contributed by atoms with van der Waals surface area (Å²) in [5.41, 5.74) is 2.30. The summed E-state index contributed by atoms with van der Waals surface area (Å²) >= 11 is 1.78. The van der Waals surface area contributed by atoms with E-state index in [0.717, 1.165) is 12.0 Å². The van der Waals surface area contributed by atoms with Crippen molar-refractivity contribution in [3.63, 3.8) is 0 Å². The highest BCUT2D eigenvalue weighted by atomic mass is 32.1. The van der Waals surface area contributed by atoms with Gasteiger partial charge in [0.2, 0.25) is 0 Å². The second-order valence-electron chi connectivity index (χ2n) is 8.56. The number of rotatable bonds is 0. The number of fused-ring (bicyclic) bond motifs is 3. The smallest absolute Gasteiger partial charge is 0.206 e. The van der Waals surface area contributed by atoms with Crippen LogP contribution in [0.2, 0.25) is 0 Å². The fourth-order valence-corrected chi connectivity index (χ4v) is 5.34. The molecular formula is C17H24F2S. The van der Waals surface area contributed by atoms with E-state index in [4.69, 9.17) is 0 Å². The van der Waals surface area contributed by atoms with Crippen molar-refractivity contribution >= 4 is 11.3 Å². The van der Waals surface area contributed by atoms with Gasteiger partial charge in [-0.15, -0.1) is 11.3 Å². The van der Waals surface area contributed by atoms with Gasteiger partial charge in [0.15, 0.2) is 0 Å². The molecule has 0 nitrogen and oxygen atoms in total. The van der Waals surface area contributed by atoms with Gasteiger partial charge in [0.1, 0.15) is 0 Å². The highest BCUT2D eigenvalue weighted by molar-refractivity contribution is 7.12. The summed E-state index contributed by atoms with van der Waals surface area (Å²) in [5, 5.41) is 0. The van der Waals surface area contributed by atoms with E-state index in [1.54, 1.807) is 11.3 Å². The van der Waals surface area contributed by atoms with E-state index in [0.29, 0.717) is 0 Å². The van der Waals surface area contributed by atoms with Crippen LogP contribution in [0.4, 0.5) is 8.78 Å². The zero-order chi connectivity index (χ0) is 15.1. The number of hydrogen-bond acceptors (Lipinski definition) is 1. The molecule has 2 atom stereocenters. The molecule has 1 heterocycles. The van der Waals surface area contributed by atoms with Gasteiger partial charge in [-0.1, -0.05) is 41.5 Å². The molecule has 1 saturated carbocycles. The first-order chi connectivity index (χ1) is 8.93. The van der Waals surface area contributed by atoms with Crippen molar-refractivity contribution in [2.45, 2.75) is 77.1 Å². The second kappa shape index (κ2) is 3.85. The fourth-order valence-electron chi connectivity index (χ4n) is 3.85. The molecule has 0 aromatic carbocycles. The monoisotopic (exact) mass is 298 g/mol. The van der Waals surface area contributed by atoms with E-state index in [1.807, 2.05) is 0 Å². The molecule has 3 rings (SSSR count). The number of hydrogen-bond donors (Lipinski definition) is 0. The van der Waals surface area contributed by atoms with E-state index in [-0.39, 0.29) is 23.2 Å². The quantitative estimate of drug-likeness (QED) is 0.581. The molecule has 2 aliphatic rings. The van der Waals surface area contributed by atoms with Crippen LogP contribution in [-0.4, -0.2) is 5.92 Å². The first kappa shape index (κ1) is 14.5. The summed E-state index contributed by atoms with van der Waals surface area (Å²) in [5.74, 6) is -2.80. The lowest BCUT2D eigenvalue weighted by atomic mass is 9.69. The van der Waals surface area contributed by atoms with Crippen LogP contribution < -0.4 is 0 Å². The van der Waals surface area contributed by atoms with Gasteiger partial charge >= 0.3 is 0 Å². The minimum absolute atomic E-state index is 0.0428.